The van der Waals surface area contributed by atoms with E-state index in [-0.39, 0.29) is 23.5 Å². The Kier molecular flexibility index (Phi) is 4.70. The van der Waals surface area contributed by atoms with Crippen LogP contribution in [0, 0.1) is 0 Å². The molecule has 0 saturated heterocycles. The van der Waals surface area contributed by atoms with Gasteiger partial charge in [0.15, 0.2) is 5.78 Å². The first-order chi connectivity index (χ1) is 15.5. The quantitative estimate of drug-likeness (QED) is 0.416. The van der Waals surface area contributed by atoms with Gasteiger partial charge in [-0.1, -0.05) is 55.5 Å². The minimum absolute atomic E-state index is 0.0665. The van der Waals surface area contributed by atoms with Gasteiger partial charge in [-0.2, -0.15) is 0 Å². The van der Waals surface area contributed by atoms with E-state index in [4.69, 9.17) is 4.74 Å². The van der Waals surface area contributed by atoms with Gasteiger partial charge in [0, 0.05) is 11.3 Å². The van der Waals surface area contributed by atoms with Crippen LogP contribution in [0.15, 0.2) is 72.8 Å². The number of fused-ring (bicyclic) bond motifs is 2. The van der Waals surface area contributed by atoms with Crippen molar-refractivity contribution in [1.82, 2.24) is 4.90 Å². The number of imide groups is 1. The number of methoxy groups -OCH3 is 1. The number of hydrogen-bond donors (Lipinski definition) is 0. The van der Waals surface area contributed by atoms with Crippen molar-refractivity contribution < 1.29 is 19.1 Å². The van der Waals surface area contributed by atoms with Gasteiger partial charge in [0.2, 0.25) is 0 Å². The van der Waals surface area contributed by atoms with Crippen LogP contribution in [-0.2, 0) is 4.79 Å². The fourth-order valence-corrected chi connectivity index (χ4v) is 4.58. The van der Waals surface area contributed by atoms with E-state index in [1.807, 2.05) is 43.3 Å². The van der Waals surface area contributed by atoms with E-state index in [1.54, 1.807) is 43.5 Å². The molecule has 0 radical (unpaired) electrons. The summed E-state index contributed by atoms with van der Waals surface area (Å²) in [6.45, 7) is 1.88. The van der Waals surface area contributed by atoms with Gasteiger partial charge in [-0.25, -0.2) is 0 Å². The Morgan fingerprint density at radius 1 is 0.938 bits per heavy atom. The molecule has 32 heavy (non-hydrogen) atoms. The minimum Gasteiger partial charge on any atom is -0.496 e. The number of benzene rings is 3. The largest absolute Gasteiger partial charge is 0.496 e. The molecule has 2 amide bonds. The van der Waals surface area contributed by atoms with Crippen LogP contribution in [0.2, 0.25) is 0 Å². The van der Waals surface area contributed by atoms with Crippen LogP contribution in [0.4, 0.5) is 0 Å². The Morgan fingerprint density at radius 2 is 1.56 bits per heavy atom. The molecular formula is C27H23NO4. The fraction of sp³-hybridized carbons (Fsp3) is 0.222. The Morgan fingerprint density at radius 3 is 2.19 bits per heavy atom. The van der Waals surface area contributed by atoms with Crippen molar-refractivity contribution in [3.63, 3.8) is 0 Å². The number of rotatable bonds is 6. The molecule has 1 saturated carbocycles. The fourth-order valence-electron chi connectivity index (χ4n) is 4.58. The predicted molar refractivity (Wildman–Crippen MR) is 122 cm³/mol. The van der Waals surface area contributed by atoms with E-state index in [0.29, 0.717) is 24.0 Å². The van der Waals surface area contributed by atoms with Crippen LogP contribution in [0.25, 0.3) is 10.8 Å². The molecule has 1 atom stereocenters. The maximum Gasteiger partial charge on any atom is 0.262 e. The first-order valence-corrected chi connectivity index (χ1v) is 10.7. The zero-order chi connectivity index (χ0) is 22.5. The number of hydrogen-bond acceptors (Lipinski definition) is 4. The summed E-state index contributed by atoms with van der Waals surface area (Å²) in [6, 6.07) is 18.5. The third kappa shape index (κ3) is 3.04. The monoisotopic (exact) mass is 425 g/mol. The lowest BCUT2D eigenvalue weighted by molar-refractivity contribution is -0.115. The molecule has 0 N–H and O–H groups in total. The average Bonchev–Trinajstić information content (AvgIpc) is 3.56. The van der Waals surface area contributed by atoms with Crippen molar-refractivity contribution in [2.75, 3.05) is 7.11 Å². The number of amides is 2. The number of nitrogens with zero attached hydrogens (tertiary/aromatic N) is 1. The van der Waals surface area contributed by atoms with Gasteiger partial charge >= 0.3 is 0 Å². The summed E-state index contributed by atoms with van der Waals surface area (Å²) in [5, 5.41) is 1.93. The van der Waals surface area contributed by atoms with E-state index in [1.165, 1.54) is 4.90 Å². The van der Waals surface area contributed by atoms with Crippen molar-refractivity contribution in [2.24, 2.45) is 0 Å². The smallest absolute Gasteiger partial charge is 0.262 e. The lowest BCUT2D eigenvalue weighted by atomic mass is 9.91. The Labute approximate surface area is 186 Å². The lowest BCUT2D eigenvalue weighted by Crippen LogP contribution is -2.40. The second-order valence-electron chi connectivity index (χ2n) is 8.45. The third-order valence-corrected chi connectivity index (χ3v) is 6.59. The predicted octanol–water partition coefficient (Wildman–Crippen LogP) is 4.91. The molecular weight excluding hydrogens is 402 g/mol. The van der Waals surface area contributed by atoms with Crippen LogP contribution in [0.1, 0.15) is 52.0 Å². The molecule has 0 spiro atoms. The van der Waals surface area contributed by atoms with Crippen molar-refractivity contribution in [3.05, 3.63) is 89.5 Å². The molecule has 1 heterocycles. The van der Waals surface area contributed by atoms with E-state index >= 15 is 0 Å². The van der Waals surface area contributed by atoms with Gasteiger partial charge in [0.1, 0.15) is 5.75 Å². The number of ketones is 1. The molecule has 2 aliphatic rings. The molecule has 1 unspecified atom stereocenters. The summed E-state index contributed by atoms with van der Waals surface area (Å²) in [4.78, 5) is 40.2. The van der Waals surface area contributed by atoms with Gasteiger partial charge in [0.05, 0.1) is 23.8 Å². The molecule has 1 aliphatic heterocycles. The van der Waals surface area contributed by atoms with Crippen LogP contribution >= 0.6 is 0 Å². The highest BCUT2D eigenvalue weighted by Gasteiger charge is 2.54. The average molecular weight is 425 g/mol. The van der Waals surface area contributed by atoms with Gasteiger partial charge in [0.25, 0.3) is 11.8 Å². The van der Waals surface area contributed by atoms with Crippen LogP contribution in [-0.4, -0.2) is 35.1 Å². The lowest BCUT2D eigenvalue weighted by Gasteiger charge is -2.23. The first kappa shape index (κ1) is 20.2. The van der Waals surface area contributed by atoms with Crippen molar-refractivity contribution >= 4 is 28.4 Å². The molecule has 0 bridgehead atoms. The maximum absolute atomic E-state index is 13.1. The minimum atomic E-state index is -0.704. The molecule has 5 rings (SSSR count). The van der Waals surface area contributed by atoms with Crippen molar-refractivity contribution in [3.8, 4) is 5.75 Å². The van der Waals surface area contributed by atoms with Crippen LogP contribution in [0.5, 0.6) is 5.75 Å². The van der Waals surface area contributed by atoms with Gasteiger partial charge in [-0.3, -0.25) is 19.3 Å². The molecule has 160 valence electrons. The van der Waals surface area contributed by atoms with E-state index in [2.05, 4.69) is 0 Å². The van der Waals surface area contributed by atoms with Crippen LogP contribution in [0.3, 0.4) is 0 Å². The van der Waals surface area contributed by atoms with Gasteiger partial charge in [-0.05, 0) is 48.1 Å². The summed E-state index contributed by atoms with van der Waals surface area (Å²) in [5.74, 6) is -0.242. The molecule has 3 aromatic carbocycles. The zero-order valence-electron chi connectivity index (χ0n) is 18.0. The zero-order valence-corrected chi connectivity index (χ0v) is 18.0. The molecule has 3 aromatic rings. The molecule has 5 heteroatoms. The molecule has 1 aliphatic carbocycles. The summed E-state index contributed by atoms with van der Waals surface area (Å²) >= 11 is 0. The first-order valence-electron chi connectivity index (χ1n) is 10.7. The number of allylic oxidation sites excluding steroid dienone is 1. The number of carbonyl (C=O) groups excluding carboxylic acids is 3. The highest BCUT2D eigenvalue weighted by Crippen LogP contribution is 2.47. The van der Waals surface area contributed by atoms with Gasteiger partial charge in [-0.15, -0.1) is 0 Å². The van der Waals surface area contributed by atoms with Crippen LogP contribution < -0.4 is 4.74 Å². The second kappa shape index (κ2) is 7.45. The molecule has 0 aromatic heterocycles. The molecule has 5 nitrogen and oxygen atoms in total. The van der Waals surface area contributed by atoms with Crippen molar-refractivity contribution in [1.29, 1.82) is 0 Å². The summed E-state index contributed by atoms with van der Waals surface area (Å²) in [6.07, 6.45) is 4.63. The summed E-state index contributed by atoms with van der Waals surface area (Å²) in [7, 11) is 1.63. The van der Waals surface area contributed by atoms with Crippen molar-refractivity contribution in [2.45, 2.75) is 31.2 Å². The normalized spacial score (nSPS) is 17.6. The highest BCUT2D eigenvalue weighted by atomic mass is 16.5. The summed E-state index contributed by atoms with van der Waals surface area (Å²) < 4.78 is 5.46. The Bertz CT molecular complexity index is 1270. The Hall–Kier alpha value is -3.73. The maximum atomic E-state index is 13.1. The number of carbonyl (C=O) groups is 3. The van der Waals surface area contributed by atoms with Gasteiger partial charge < -0.3 is 4.74 Å². The van der Waals surface area contributed by atoms with E-state index in [9.17, 15) is 14.4 Å². The SMILES string of the molecule is COc1cccc2c(C(C)C(=O)/C=C/C3(N4C(=O)c5ccccc5C4=O)CC3)cccc12. The highest BCUT2D eigenvalue weighted by molar-refractivity contribution is 6.22. The Balaban J connectivity index is 1.41. The second-order valence-corrected chi connectivity index (χ2v) is 8.45. The summed E-state index contributed by atoms with van der Waals surface area (Å²) in [5.41, 5.74) is 1.08. The third-order valence-electron chi connectivity index (χ3n) is 6.59. The van der Waals surface area contributed by atoms with E-state index < -0.39 is 5.54 Å². The molecule has 1 fully saturated rings. The standard InChI is InChI=1S/C27H23NO4/c1-17(18-9-5-11-20-19(18)10-6-12-24(20)32-2)23(29)13-14-27(15-16-27)28-25(30)21-7-3-4-8-22(21)26(28)31/h3-14,17H,15-16H2,1-2H3/b14-13+. The topological polar surface area (TPSA) is 63.7 Å². The number of ether oxygens (including phenoxy) is 1. The van der Waals surface area contributed by atoms with E-state index in [0.717, 1.165) is 22.1 Å².